The Morgan fingerprint density at radius 2 is 2.14 bits per heavy atom. The average Bonchev–Trinajstić information content (AvgIpc) is 2.79. The minimum absolute atomic E-state index is 0.0615. The summed E-state index contributed by atoms with van der Waals surface area (Å²) in [6.45, 7) is 2.28. The molecule has 112 valence electrons. The summed E-state index contributed by atoms with van der Waals surface area (Å²) in [4.78, 5) is 28.6. The van der Waals surface area contributed by atoms with Gasteiger partial charge in [0.05, 0.1) is 18.0 Å². The molecule has 0 spiro atoms. The molecule has 0 aromatic heterocycles. The van der Waals surface area contributed by atoms with Gasteiger partial charge in [0, 0.05) is 12.7 Å². The van der Waals surface area contributed by atoms with Gasteiger partial charge in [-0.15, -0.1) is 0 Å². The van der Waals surface area contributed by atoms with E-state index >= 15 is 0 Å². The van der Waals surface area contributed by atoms with Crippen LogP contribution in [0.4, 0.5) is 11.4 Å². The zero-order chi connectivity index (χ0) is 15.2. The van der Waals surface area contributed by atoms with E-state index in [0.717, 1.165) is 11.4 Å². The van der Waals surface area contributed by atoms with Crippen molar-refractivity contribution in [3.05, 3.63) is 24.3 Å². The lowest BCUT2D eigenvalue weighted by atomic mass is 10.3. The van der Waals surface area contributed by atoms with E-state index in [1.165, 1.54) is 11.8 Å². The summed E-state index contributed by atoms with van der Waals surface area (Å²) in [5, 5.41) is 3.67. The van der Waals surface area contributed by atoms with Gasteiger partial charge in [0.1, 0.15) is 6.54 Å². The Kier molecular flexibility index (Phi) is 5.21. The van der Waals surface area contributed by atoms with Crippen molar-refractivity contribution in [2.75, 3.05) is 31.3 Å². The maximum Gasteiger partial charge on any atom is 0.325 e. The van der Waals surface area contributed by atoms with Gasteiger partial charge in [0.2, 0.25) is 5.91 Å². The molecular formula is C14H17N3O3S. The van der Waals surface area contributed by atoms with E-state index < -0.39 is 0 Å². The van der Waals surface area contributed by atoms with Gasteiger partial charge < -0.3 is 10.1 Å². The molecule has 2 rings (SSSR count). The molecule has 0 saturated carbocycles. The van der Waals surface area contributed by atoms with Crippen LogP contribution in [0.3, 0.4) is 0 Å². The highest BCUT2D eigenvalue weighted by molar-refractivity contribution is 8.15. The monoisotopic (exact) mass is 307 g/mol. The molecule has 1 fully saturated rings. The molecule has 0 bridgehead atoms. The van der Waals surface area contributed by atoms with Crippen molar-refractivity contribution in [3.8, 4) is 0 Å². The molecule has 1 aromatic carbocycles. The molecule has 7 heteroatoms. The van der Waals surface area contributed by atoms with E-state index in [1.807, 2.05) is 24.3 Å². The molecule has 1 N–H and O–H groups in total. The number of ether oxygens (including phenoxy) is 1. The van der Waals surface area contributed by atoms with E-state index in [9.17, 15) is 9.59 Å². The van der Waals surface area contributed by atoms with Crippen LogP contribution in [-0.4, -0.2) is 47.9 Å². The first-order chi connectivity index (χ1) is 10.1. The van der Waals surface area contributed by atoms with Crippen LogP contribution in [0, 0.1) is 0 Å². The van der Waals surface area contributed by atoms with Crippen molar-refractivity contribution in [1.29, 1.82) is 0 Å². The summed E-state index contributed by atoms with van der Waals surface area (Å²) in [6, 6.07) is 7.33. The SMILES string of the molecule is CCOC(=O)CNc1ccc(N=C2SCC(=O)N2C)cc1. The number of anilines is 1. The topological polar surface area (TPSA) is 71.0 Å². The summed E-state index contributed by atoms with van der Waals surface area (Å²) >= 11 is 1.43. The minimum atomic E-state index is -0.288. The van der Waals surface area contributed by atoms with Crippen LogP contribution in [0.25, 0.3) is 0 Å². The summed E-state index contributed by atoms with van der Waals surface area (Å²) in [5.74, 6) is 0.213. The first-order valence-corrected chi connectivity index (χ1v) is 7.56. The summed E-state index contributed by atoms with van der Waals surface area (Å²) in [7, 11) is 1.72. The number of benzene rings is 1. The van der Waals surface area contributed by atoms with Crippen LogP contribution in [0.5, 0.6) is 0 Å². The van der Waals surface area contributed by atoms with Gasteiger partial charge in [-0.1, -0.05) is 11.8 Å². The number of nitrogens with one attached hydrogen (secondary N) is 1. The summed E-state index contributed by atoms with van der Waals surface area (Å²) in [6.07, 6.45) is 0. The molecule has 1 aromatic rings. The largest absolute Gasteiger partial charge is 0.465 e. The number of nitrogens with zero attached hydrogens (tertiary/aromatic N) is 2. The molecule has 1 aliphatic heterocycles. The number of carbonyl (C=O) groups excluding carboxylic acids is 2. The zero-order valence-corrected chi connectivity index (χ0v) is 12.8. The third-order valence-electron chi connectivity index (χ3n) is 2.82. The van der Waals surface area contributed by atoms with Crippen LogP contribution in [0.15, 0.2) is 29.3 Å². The Balaban J connectivity index is 1.95. The third kappa shape index (κ3) is 4.22. The third-order valence-corrected chi connectivity index (χ3v) is 3.83. The summed E-state index contributed by atoms with van der Waals surface area (Å²) < 4.78 is 4.83. The van der Waals surface area contributed by atoms with Crippen molar-refractivity contribution in [2.24, 2.45) is 4.99 Å². The lowest BCUT2D eigenvalue weighted by Gasteiger charge is -2.08. The number of aliphatic imine (C=N–C) groups is 1. The number of amidine groups is 1. The van der Waals surface area contributed by atoms with Crippen molar-refractivity contribution in [2.45, 2.75) is 6.92 Å². The molecule has 1 aliphatic rings. The highest BCUT2D eigenvalue weighted by atomic mass is 32.2. The van der Waals surface area contributed by atoms with Gasteiger partial charge in [-0.3, -0.25) is 14.5 Å². The minimum Gasteiger partial charge on any atom is -0.465 e. The number of amides is 1. The molecule has 1 heterocycles. The first-order valence-electron chi connectivity index (χ1n) is 6.57. The van der Waals surface area contributed by atoms with Gasteiger partial charge >= 0.3 is 5.97 Å². The van der Waals surface area contributed by atoms with Crippen molar-refractivity contribution in [3.63, 3.8) is 0 Å². The van der Waals surface area contributed by atoms with Crippen LogP contribution in [0.2, 0.25) is 0 Å². The second-order valence-corrected chi connectivity index (χ2v) is 5.28. The van der Waals surface area contributed by atoms with Crippen LogP contribution >= 0.6 is 11.8 Å². The first kappa shape index (κ1) is 15.4. The standard InChI is InChI=1S/C14H17N3O3S/c1-3-20-13(19)8-15-10-4-6-11(7-5-10)16-14-17(2)12(18)9-21-14/h4-7,15H,3,8-9H2,1-2H3. The Hall–Kier alpha value is -2.02. The van der Waals surface area contributed by atoms with Crippen molar-refractivity contribution >= 4 is 40.2 Å². The van der Waals surface area contributed by atoms with E-state index in [0.29, 0.717) is 17.5 Å². The van der Waals surface area contributed by atoms with Gasteiger partial charge in [0.25, 0.3) is 0 Å². The van der Waals surface area contributed by atoms with Crippen LogP contribution in [-0.2, 0) is 14.3 Å². The van der Waals surface area contributed by atoms with E-state index in [-0.39, 0.29) is 18.4 Å². The molecular weight excluding hydrogens is 290 g/mol. The quantitative estimate of drug-likeness (QED) is 0.841. The van der Waals surface area contributed by atoms with Crippen molar-refractivity contribution < 1.29 is 14.3 Å². The number of carbonyl (C=O) groups is 2. The maximum absolute atomic E-state index is 11.4. The van der Waals surface area contributed by atoms with Crippen molar-refractivity contribution in [1.82, 2.24) is 4.90 Å². The highest BCUT2D eigenvalue weighted by Crippen LogP contribution is 2.23. The van der Waals surface area contributed by atoms with E-state index in [4.69, 9.17) is 4.74 Å². The maximum atomic E-state index is 11.4. The number of rotatable bonds is 5. The predicted octanol–water partition coefficient (Wildman–Crippen LogP) is 1.85. The van der Waals surface area contributed by atoms with Gasteiger partial charge in [-0.05, 0) is 31.2 Å². The molecule has 21 heavy (non-hydrogen) atoms. The Morgan fingerprint density at radius 3 is 2.71 bits per heavy atom. The molecule has 0 aliphatic carbocycles. The van der Waals surface area contributed by atoms with E-state index in [1.54, 1.807) is 18.9 Å². The van der Waals surface area contributed by atoms with Gasteiger partial charge in [-0.2, -0.15) is 0 Å². The molecule has 1 amide bonds. The fourth-order valence-electron chi connectivity index (χ4n) is 1.68. The molecule has 0 radical (unpaired) electrons. The van der Waals surface area contributed by atoms with Crippen LogP contribution < -0.4 is 5.32 Å². The zero-order valence-electron chi connectivity index (χ0n) is 12.0. The molecule has 0 atom stereocenters. The highest BCUT2D eigenvalue weighted by Gasteiger charge is 2.24. The Labute approximate surface area is 127 Å². The number of hydrogen-bond acceptors (Lipinski definition) is 6. The lowest BCUT2D eigenvalue weighted by molar-refractivity contribution is -0.140. The van der Waals surface area contributed by atoms with Gasteiger partial charge in [-0.25, -0.2) is 4.99 Å². The second-order valence-electron chi connectivity index (χ2n) is 4.34. The fraction of sp³-hybridized carbons (Fsp3) is 0.357. The molecule has 6 nitrogen and oxygen atoms in total. The smallest absolute Gasteiger partial charge is 0.325 e. The second kappa shape index (κ2) is 7.12. The fourth-order valence-corrected chi connectivity index (χ4v) is 2.60. The Morgan fingerprint density at radius 1 is 1.43 bits per heavy atom. The van der Waals surface area contributed by atoms with E-state index in [2.05, 4.69) is 10.3 Å². The average molecular weight is 307 g/mol. The Bertz CT molecular complexity index is 557. The molecule has 0 unspecified atom stereocenters. The number of hydrogen-bond donors (Lipinski definition) is 1. The van der Waals surface area contributed by atoms with Gasteiger partial charge in [0.15, 0.2) is 5.17 Å². The number of esters is 1. The number of thioether (sulfide) groups is 1. The normalized spacial score (nSPS) is 16.4. The predicted molar refractivity (Wildman–Crippen MR) is 83.9 cm³/mol. The molecule has 1 saturated heterocycles. The lowest BCUT2D eigenvalue weighted by Crippen LogP contribution is -2.24. The summed E-state index contributed by atoms with van der Waals surface area (Å²) in [5.41, 5.74) is 1.58. The van der Waals surface area contributed by atoms with Crippen LogP contribution in [0.1, 0.15) is 6.92 Å².